The van der Waals surface area contributed by atoms with Crippen molar-refractivity contribution in [2.75, 3.05) is 34.8 Å². The monoisotopic (exact) mass is 393 g/mol. The summed E-state index contributed by atoms with van der Waals surface area (Å²) in [7, 11) is 0. The minimum absolute atomic E-state index is 0.185. The summed E-state index contributed by atoms with van der Waals surface area (Å²) in [5.74, 6) is 1.33. The highest BCUT2D eigenvalue weighted by Crippen LogP contribution is 2.26. The van der Waals surface area contributed by atoms with Gasteiger partial charge in [0.25, 0.3) is 5.91 Å². The average Bonchev–Trinajstić information content (AvgIpc) is 3.28. The second-order valence-electron chi connectivity index (χ2n) is 8.10. The Kier molecular flexibility index (Phi) is 5.97. The van der Waals surface area contributed by atoms with Gasteiger partial charge in [0.1, 0.15) is 17.3 Å². The van der Waals surface area contributed by atoms with Gasteiger partial charge in [-0.25, -0.2) is 9.97 Å². The predicted octanol–water partition coefficient (Wildman–Crippen LogP) is 4.41. The Hall–Kier alpha value is -2.63. The van der Waals surface area contributed by atoms with E-state index in [4.69, 9.17) is 0 Å². The van der Waals surface area contributed by atoms with Crippen LogP contribution in [0.2, 0.25) is 0 Å². The largest absolute Gasteiger partial charge is 0.372 e. The summed E-state index contributed by atoms with van der Waals surface area (Å²) in [5, 5.41) is 2.99. The summed E-state index contributed by atoms with van der Waals surface area (Å²) in [6.45, 7) is 7.30. The molecule has 2 aromatic rings. The number of aromatic nitrogens is 2. The molecule has 1 unspecified atom stereocenters. The van der Waals surface area contributed by atoms with Gasteiger partial charge in [-0.1, -0.05) is 6.92 Å². The van der Waals surface area contributed by atoms with E-state index in [0.717, 1.165) is 37.6 Å². The summed E-state index contributed by atoms with van der Waals surface area (Å²) in [5.41, 5.74) is 2.44. The summed E-state index contributed by atoms with van der Waals surface area (Å²) >= 11 is 0. The van der Waals surface area contributed by atoms with Gasteiger partial charge in [-0.15, -0.1) is 0 Å². The molecule has 2 aliphatic rings. The smallest absolute Gasteiger partial charge is 0.274 e. The van der Waals surface area contributed by atoms with Crippen LogP contribution in [0.15, 0.2) is 30.3 Å². The topological polar surface area (TPSA) is 61.4 Å². The van der Waals surface area contributed by atoms with E-state index in [1.807, 2.05) is 25.1 Å². The number of carbonyl (C=O) groups is 1. The molecule has 2 aliphatic heterocycles. The van der Waals surface area contributed by atoms with Crippen LogP contribution in [0.5, 0.6) is 0 Å². The van der Waals surface area contributed by atoms with Crippen LogP contribution < -0.4 is 15.1 Å². The maximum absolute atomic E-state index is 12.9. The van der Waals surface area contributed by atoms with E-state index in [9.17, 15) is 4.79 Å². The number of hydrogen-bond donors (Lipinski definition) is 1. The Morgan fingerprint density at radius 1 is 1.07 bits per heavy atom. The zero-order valence-corrected chi connectivity index (χ0v) is 17.5. The van der Waals surface area contributed by atoms with Crippen LogP contribution in [0, 0.1) is 6.92 Å². The van der Waals surface area contributed by atoms with E-state index in [2.05, 4.69) is 44.1 Å². The molecule has 1 atom stereocenters. The van der Waals surface area contributed by atoms with E-state index in [-0.39, 0.29) is 5.91 Å². The van der Waals surface area contributed by atoms with Crippen molar-refractivity contribution in [3.8, 4) is 0 Å². The third kappa shape index (κ3) is 4.52. The van der Waals surface area contributed by atoms with Gasteiger partial charge in [-0.3, -0.25) is 4.79 Å². The fourth-order valence-electron chi connectivity index (χ4n) is 4.47. The van der Waals surface area contributed by atoms with Crippen LogP contribution >= 0.6 is 0 Å². The first-order valence-corrected chi connectivity index (χ1v) is 10.9. The highest BCUT2D eigenvalue weighted by Gasteiger charge is 2.23. The van der Waals surface area contributed by atoms with Crippen LogP contribution in [-0.4, -0.2) is 41.6 Å². The lowest BCUT2D eigenvalue weighted by atomic mass is 10.00. The lowest BCUT2D eigenvalue weighted by Crippen LogP contribution is -2.40. The molecule has 29 heavy (non-hydrogen) atoms. The van der Waals surface area contributed by atoms with Gasteiger partial charge < -0.3 is 15.1 Å². The summed E-state index contributed by atoms with van der Waals surface area (Å²) < 4.78 is 0. The van der Waals surface area contributed by atoms with E-state index in [1.54, 1.807) is 0 Å². The highest BCUT2D eigenvalue weighted by atomic mass is 16.1. The first-order chi connectivity index (χ1) is 14.1. The van der Waals surface area contributed by atoms with Crippen molar-refractivity contribution in [3.63, 3.8) is 0 Å². The molecule has 1 aromatic heterocycles. The summed E-state index contributed by atoms with van der Waals surface area (Å²) in [6.07, 6.45) is 7.22. The number of carbonyl (C=O) groups excluding carboxylic acids is 1. The third-order valence-electron chi connectivity index (χ3n) is 6.05. The van der Waals surface area contributed by atoms with Crippen molar-refractivity contribution >= 4 is 23.1 Å². The Morgan fingerprint density at radius 2 is 1.79 bits per heavy atom. The Balaban J connectivity index is 1.49. The van der Waals surface area contributed by atoms with Crippen LogP contribution in [0.3, 0.4) is 0 Å². The quantitative estimate of drug-likeness (QED) is 0.815. The molecule has 0 aliphatic carbocycles. The van der Waals surface area contributed by atoms with Gasteiger partial charge >= 0.3 is 0 Å². The lowest BCUT2D eigenvalue weighted by Gasteiger charge is -2.36. The standard InChI is InChI=1S/C23H31N5O/c1-3-19-8-4-5-15-28(19)22-16-21(24-17(2)25-22)23(29)26-18-9-11-20(12-10-18)27-13-6-7-14-27/h9-12,16,19H,3-8,13-15H2,1-2H3,(H,26,29). The number of hydrogen-bond acceptors (Lipinski definition) is 5. The molecule has 0 radical (unpaired) electrons. The molecule has 6 heteroatoms. The molecule has 1 aromatic carbocycles. The average molecular weight is 394 g/mol. The van der Waals surface area contributed by atoms with Gasteiger partial charge in [-0.05, 0) is 69.7 Å². The van der Waals surface area contributed by atoms with Crippen LogP contribution in [0.25, 0.3) is 0 Å². The van der Waals surface area contributed by atoms with Crippen molar-refractivity contribution in [1.82, 2.24) is 9.97 Å². The van der Waals surface area contributed by atoms with E-state index >= 15 is 0 Å². The summed E-state index contributed by atoms with van der Waals surface area (Å²) in [4.78, 5) is 26.6. The fourth-order valence-corrected chi connectivity index (χ4v) is 4.47. The SMILES string of the molecule is CCC1CCCCN1c1cc(C(=O)Nc2ccc(N3CCCC3)cc2)nc(C)n1. The number of anilines is 3. The van der Waals surface area contributed by atoms with E-state index < -0.39 is 0 Å². The highest BCUT2D eigenvalue weighted by molar-refractivity contribution is 6.03. The van der Waals surface area contributed by atoms with Gasteiger partial charge in [0.2, 0.25) is 0 Å². The molecule has 2 fully saturated rings. The molecule has 1 N–H and O–H groups in total. The van der Waals surface area contributed by atoms with Crippen molar-refractivity contribution in [1.29, 1.82) is 0 Å². The van der Waals surface area contributed by atoms with E-state index in [0.29, 0.717) is 17.6 Å². The van der Waals surface area contributed by atoms with Gasteiger partial charge in [-0.2, -0.15) is 0 Å². The van der Waals surface area contributed by atoms with Crippen molar-refractivity contribution < 1.29 is 4.79 Å². The first kappa shape index (κ1) is 19.7. The zero-order chi connectivity index (χ0) is 20.2. The maximum Gasteiger partial charge on any atom is 0.274 e. The minimum Gasteiger partial charge on any atom is -0.372 e. The molecule has 2 saturated heterocycles. The molecule has 3 heterocycles. The number of amides is 1. The number of rotatable bonds is 5. The summed E-state index contributed by atoms with van der Waals surface area (Å²) in [6, 6.07) is 10.4. The van der Waals surface area contributed by atoms with Crippen LogP contribution in [-0.2, 0) is 0 Å². The molecular weight excluding hydrogens is 362 g/mol. The molecular formula is C23H31N5O. The molecule has 1 amide bonds. The van der Waals surface area contributed by atoms with E-state index in [1.165, 1.54) is 37.8 Å². The molecule has 4 rings (SSSR count). The second-order valence-corrected chi connectivity index (χ2v) is 8.10. The Bertz CT molecular complexity index is 845. The number of nitrogens with zero attached hydrogens (tertiary/aromatic N) is 4. The zero-order valence-electron chi connectivity index (χ0n) is 17.5. The van der Waals surface area contributed by atoms with Crippen molar-refractivity contribution in [3.05, 3.63) is 41.9 Å². The molecule has 0 saturated carbocycles. The molecule has 6 nitrogen and oxygen atoms in total. The molecule has 0 bridgehead atoms. The van der Waals surface area contributed by atoms with Crippen LogP contribution in [0.4, 0.5) is 17.2 Å². The number of aryl methyl sites for hydroxylation is 1. The molecule has 154 valence electrons. The Labute approximate surface area is 173 Å². The normalized spacial score (nSPS) is 19.4. The van der Waals surface area contributed by atoms with Gasteiger partial charge in [0.15, 0.2) is 0 Å². The molecule has 0 spiro atoms. The Morgan fingerprint density at radius 3 is 2.52 bits per heavy atom. The second kappa shape index (κ2) is 8.80. The van der Waals surface area contributed by atoms with Gasteiger partial charge in [0, 0.05) is 43.1 Å². The third-order valence-corrected chi connectivity index (χ3v) is 6.05. The van der Waals surface area contributed by atoms with Gasteiger partial charge in [0.05, 0.1) is 0 Å². The fraction of sp³-hybridized carbons (Fsp3) is 0.522. The number of benzene rings is 1. The van der Waals surface area contributed by atoms with Crippen molar-refractivity contribution in [2.45, 2.75) is 58.4 Å². The maximum atomic E-state index is 12.9. The first-order valence-electron chi connectivity index (χ1n) is 10.9. The van der Waals surface area contributed by atoms with Crippen LogP contribution in [0.1, 0.15) is 61.8 Å². The van der Waals surface area contributed by atoms with Crippen molar-refractivity contribution in [2.24, 2.45) is 0 Å². The number of piperidine rings is 1. The number of nitrogens with one attached hydrogen (secondary N) is 1. The lowest BCUT2D eigenvalue weighted by molar-refractivity contribution is 0.102. The minimum atomic E-state index is -0.185. The predicted molar refractivity (Wildman–Crippen MR) is 118 cm³/mol.